The highest BCUT2D eigenvalue weighted by Gasteiger charge is 1.98. The van der Waals surface area contributed by atoms with Gasteiger partial charge in [0.25, 0.3) is 0 Å². The Kier molecular flexibility index (Phi) is 3.62. The van der Waals surface area contributed by atoms with Gasteiger partial charge in [-0.1, -0.05) is 18.3 Å². The summed E-state index contributed by atoms with van der Waals surface area (Å²) in [5, 5.41) is 3.19. The van der Waals surface area contributed by atoms with E-state index in [9.17, 15) is 0 Å². The van der Waals surface area contributed by atoms with Crippen LogP contribution >= 0.6 is 12.2 Å². The Bertz CT molecular complexity index is 496. The number of anilines is 1. The van der Waals surface area contributed by atoms with Crippen LogP contribution in [0.4, 0.5) is 5.82 Å². The van der Waals surface area contributed by atoms with Crippen molar-refractivity contribution < 1.29 is 0 Å². The van der Waals surface area contributed by atoms with Crippen molar-refractivity contribution in [3.8, 4) is 0 Å². The quantitative estimate of drug-likeness (QED) is 0.802. The Labute approximate surface area is 105 Å². The van der Waals surface area contributed by atoms with E-state index in [1.807, 2.05) is 30.5 Å². The summed E-state index contributed by atoms with van der Waals surface area (Å²) in [6.07, 6.45) is 5.23. The number of aromatic nitrogens is 2. The summed E-state index contributed by atoms with van der Waals surface area (Å²) in [7, 11) is 0. The standard InChI is InChI=1S/C12H12N4S/c13-12(17)10-3-4-11(16-8-10)15-7-9-2-1-5-14-6-9/h1-6,8H,7H2,(H2,13,17)(H,15,16). The summed E-state index contributed by atoms with van der Waals surface area (Å²) < 4.78 is 0. The highest BCUT2D eigenvalue weighted by molar-refractivity contribution is 7.80. The van der Waals surface area contributed by atoms with Crippen LogP contribution in [0.2, 0.25) is 0 Å². The number of hydrogen-bond acceptors (Lipinski definition) is 4. The number of rotatable bonds is 4. The third-order valence-corrected chi connectivity index (χ3v) is 2.48. The first-order chi connectivity index (χ1) is 8.25. The summed E-state index contributed by atoms with van der Waals surface area (Å²) in [6, 6.07) is 7.61. The van der Waals surface area contributed by atoms with E-state index in [2.05, 4.69) is 15.3 Å². The van der Waals surface area contributed by atoms with Crippen molar-refractivity contribution in [1.82, 2.24) is 9.97 Å². The lowest BCUT2D eigenvalue weighted by Gasteiger charge is -2.05. The minimum Gasteiger partial charge on any atom is -0.389 e. The molecule has 0 bridgehead atoms. The zero-order chi connectivity index (χ0) is 12.1. The molecule has 0 saturated carbocycles. The molecule has 2 rings (SSSR count). The van der Waals surface area contributed by atoms with Crippen LogP contribution in [0.25, 0.3) is 0 Å². The lowest BCUT2D eigenvalue weighted by molar-refractivity contribution is 1.09. The van der Waals surface area contributed by atoms with Gasteiger partial charge in [0.2, 0.25) is 0 Å². The van der Waals surface area contributed by atoms with Gasteiger partial charge in [0.15, 0.2) is 0 Å². The molecule has 0 aliphatic rings. The van der Waals surface area contributed by atoms with Crippen molar-refractivity contribution in [2.75, 3.05) is 5.32 Å². The van der Waals surface area contributed by atoms with Crippen molar-refractivity contribution in [2.45, 2.75) is 6.54 Å². The van der Waals surface area contributed by atoms with Gasteiger partial charge >= 0.3 is 0 Å². The summed E-state index contributed by atoms with van der Waals surface area (Å²) in [5.74, 6) is 0.786. The number of nitrogens with two attached hydrogens (primary N) is 1. The molecule has 5 heteroatoms. The van der Waals surface area contributed by atoms with Gasteiger partial charge in [0.05, 0.1) is 0 Å². The highest BCUT2D eigenvalue weighted by Crippen LogP contribution is 2.07. The molecule has 0 saturated heterocycles. The smallest absolute Gasteiger partial charge is 0.126 e. The van der Waals surface area contributed by atoms with E-state index in [0.29, 0.717) is 11.5 Å². The van der Waals surface area contributed by atoms with Crippen molar-refractivity contribution in [3.63, 3.8) is 0 Å². The molecule has 0 spiro atoms. The molecular formula is C12H12N4S. The van der Waals surface area contributed by atoms with Crippen LogP contribution in [0.5, 0.6) is 0 Å². The number of pyridine rings is 2. The van der Waals surface area contributed by atoms with Crippen LogP contribution in [0.1, 0.15) is 11.1 Å². The topological polar surface area (TPSA) is 63.8 Å². The van der Waals surface area contributed by atoms with Gasteiger partial charge in [-0.2, -0.15) is 0 Å². The van der Waals surface area contributed by atoms with Gasteiger partial charge in [-0.25, -0.2) is 4.98 Å². The normalized spacial score (nSPS) is 9.88. The second kappa shape index (κ2) is 5.36. The van der Waals surface area contributed by atoms with E-state index < -0.39 is 0 Å². The second-order valence-electron chi connectivity index (χ2n) is 3.51. The number of hydrogen-bond donors (Lipinski definition) is 2. The van der Waals surface area contributed by atoms with Gasteiger partial charge in [-0.15, -0.1) is 0 Å². The predicted octanol–water partition coefficient (Wildman–Crippen LogP) is 1.72. The Hall–Kier alpha value is -2.01. The minimum atomic E-state index is 0.358. The molecule has 0 aliphatic heterocycles. The van der Waals surface area contributed by atoms with E-state index >= 15 is 0 Å². The number of thiocarbonyl (C=S) groups is 1. The fraction of sp³-hybridized carbons (Fsp3) is 0.0833. The molecule has 2 aromatic heterocycles. The van der Waals surface area contributed by atoms with Crippen molar-refractivity contribution >= 4 is 23.0 Å². The molecule has 0 unspecified atom stereocenters. The molecule has 0 atom stereocenters. The first-order valence-corrected chi connectivity index (χ1v) is 5.55. The van der Waals surface area contributed by atoms with Crippen LogP contribution in [0, 0.1) is 0 Å². The van der Waals surface area contributed by atoms with E-state index in [4.69, 9.17) is 18.0 Å². The molecule has 4 nitrogen and oxygen atoms in total. The molecule has 3 N–H and O–H groups in total. The Morgan fingerprint density at radius 1 is 1.29 bits per heavy atom. The zero-order valence-corrected chi connectivity index (χ0v) is 9.95. The van der Waals surface area contributed by atoms with Crippen LogP contribution in [-0.4, -0.2) is 15.0 Å². The summed E-state index contributed by atoms with van der Waals surface area (Å²) in [6.45, 7) is 0.688. The summed E-state index contributed by atoms with van der Waals surface area (Å²) >= 11 is 4.86. The summed E-state index contributed by atoms with van der Waals surface area (Å²) in [5.41, 5.74) is 7.37. The average molecular weight is 244 g/mol. The number of nitrogens with one attached hydrogen (secondary N) is 1. The predicted molar refractivity (Wildman–Crippen MR) is 71.7 cm³/mol. The maximum Gasteiger partial charge on any atom is 0.126 e. The molecule has 0 aromatic carbocycles. The molecule has 0 radical (unpaired) electrons. The Balaban J connectivity index is 1.98. The van der Waals surface area contributed by atoms with Gasteiger partial charge in [-0.3, -0.25) is 4.98 Å². The third kappa shape index (κ3) is 3.22. The highest BCUT2D eigenvalue weighted by atomic mass is 32.1. The summed E-state index contributed by atoms with van der Waals surface area (Å²) in [4.78, 5) is 8.61. The van der Waals surface area contributed by atoms with E-state index in [-0.39, 0.29) is 0 Å². The molecule has 17 heavy (non-hydrogen) atoms. The maximum absolute atomic E-state index is 5.49. The molecule has 0 fully saturated rings. The average Bonchev–Trinajstić information content (AvgIpc) is 2.38. The van der Waals surface area contributed by atoms with Gasteiger partial charge in [0, 0.05) is 30.7 Å². The lowest BCUT2D eigenvalue weighted by Crippen LogP contribution is -2.10. The van der Waals surface area contributed by atoms with Gasteiger partial charge < -0.3 is 11.1 Å². The third-order valence-electron chi connectivity index (χ3n) is 2.24. The van der Waals surface area contributed by atoms with Crippen LogP contribution in [0.3, 0.4) is 0 Å². The minimum absolute atomic E-state index is 0.358. The van der Waals surface area contributed by atoms with Gasteiger partial charge in [0.1, 0.15) is 10.8 Å². The molecule has 0 amide bonds. The second-order valence-corrected chi connectivity index (χ2v) is 3.95. The van der Waals surface area contributed by atoms with Crippen molar-refractivity contribution in [1.29, 1.82) is 0 Å². The monoisotopic (exact) mass is 244 g/mol. The van der Waals surface area contributed by atoms with Crippen molar-refractivity contribution in [2.24, 2.45) is 5.73 Å². The molecule has 2 aromatic rings. The largest absolute Gasteiger partial charge is 0.389 e. The van der Waals surface area contributed by atoms with Crippen LogP contribution in [-0.2, 0) is 6.54 Å². The van der Waals surface area contributed by atoms with Crippen LogP contribution in [0.15, 0.2) is 42.9 Å². The SMILES string of the molecule is NC(=S)c1ccc(NCc2cccnc2)nc1. The molecule has 86 valence electrons. The van der Waals surface area contributed by atoms with E-state index in [1.54, 1.807) is 12.4 Å². The Morgan fingerprint density at radius 2 is 2.18 bits per heavy atom. The fourth-order valence-electron chi connectivity index (χ4n) is 1.34. The first kappa shape index (κ1) is 11.5. The fourth-order valence-corrected chi connectivity index (χ4v) is 1.46. The molecule has 0 aliphatic carbocycles. The Morgan fingerprint density at radius 3 is 2.76 bits per heavy atom. The zero-order valence-electron chi connectivity index (χ0n) is 9.13. The molecular weight excluding hydrogens is 232 g/mol. The number of nitrogens with zero attached hydrogens (tertiary/aromatic N) is 2. The molecule has 2 heterocycles. The first-order valence-electron chi connectivity index (χ1n) is 5.14. The van der Waals surface area contributed by atoms with E-state index in [1.165, 1.54) is 0 Å². The van der Waals surface area contributed by atoms with Crippen LogP contribution < -0.4 is 11.1 Å². The maximum atomic E-state index is 5.49. The van der Waals surface area contributed by atoms with Gasteiger partial charge in [-0.05, 0) is 23.8 Å². The lowest BCUT2D eigenvalue weighted by atomic mass is 10.2. The van der Waals surface area contributed by atoms with E-state index in [0.717, 1.165) is 16.9 Å². The van der Waals surface area contributed by atoms with Crippen molar-refractivity contribution in [3.05, 3.63) is 54.0 Å².